The van der Waals surface area contributed by atoms with Crippen LogP contribution in [-0.2, 0) is 0 Å². The highest BCUT2D eigenvalue weighted by Gasteiger charge is 2.30. The number of hydrogen-bond acceptors (Lipinski definition) is 3. The molecule has 3 nitrogen and oxygen atoms in total. The van der Waals surface area contributed by atoms with Gasteiger partial charge < -0.3 is 10.0 Å². The molecule has 0 radical (unpaired) electrons. The molecular formula is C15H28N2O. The number of aliphatic hydroxyl groups is 1. The van der Waals surface area contributed by atoms with Crippen LogP contribution in [0, 0.1) is 5.92 Å². The topological polar surface area (TPSA) is 26.7 Å². The normalized spacial score (nSPS) is 38.8. The summed E-state index contributed by atoms with van der Waals surface area (Å²) in [5.74, 6) is 0.591. The maximum absolute atomic E-state index is 9.90. The van der Waals surface area contributed by atoms with Crippen molar-refractivity contribution < 1.29 is 5.11 Å². The highest BCUT2D eigenvalue weighted by Crippen LogP contribution is 2.29. The van der Waals surface area contributed by atoms with Crippen LogP contribution in [0.5, 0.6) is 0 Å². The van der Waals surface area contributed by atoms with Gasteiger partial charge in [-0.15, -0.1) is 0 Å². The van der Waals surface area contributed by atoms with Gasteiger partial charge in [0.25, 0.3) is 0 Å². The third kappa shape index (κ3) is 2.89. The van der Waals surface area contributed by atoms with Crippen LogP contribution in [0.25, 0.3) is 0 Å². The fraction of sp³-hybridized carbons (Fsp3) is 1.00. The second kappa shape index (κ2) is 5.89. The average Bonchev–Trinajstić information content (AvgIpc) is 2.92. The summed E-state index contributed by atoms with van der Waals surface area (Å²) in [6, 6.07) is 0.834. The van der Waals surface area contributed by atoms with Crippen LogP contribution in [0.4, 0.5) is 0 Å². The van der Waals surface area contributed by atoms with E-state index >= 15 is 0 Å². The minimum Gasteiger partial charge on any atom is -0.393 e. The molecule has 2 heterocycles. The van der Waals surface area contributed by atoms with Crippen LogP contribution in [0.2, 0.25) is 0 Å². The molecule has 1 saturated carbocycles. The van der Waals surface area contributed by atoms with Gasteiger partial charge in [-0.25, -0.2) is 0 Å². The summed E-state index contributed by atoms with van der Waals surface area (Å²) in [6.45, 7) is 6.41. The van der Waals surface area contributed by atoms with Crippen LogP contribution >= 0.6 is 0 Å². The van der Waals surface area contributed by atoms with Crippen molar-refractivity contribution in [1.29, 1.82) is 0 Å². The molecule has 18 heavy (non-hydrogen) atoms. The molecular weight excluding hydrogens is 224 g/mol. The summed E-state index contributed by atoms with van der Waals surface area (Å²) in [7, 11) is 0. The van der Waals surface area contributed by atoms with Crippen molar-refractivity contribution in [2.75, 3.05) is 32.7 Å². The van der Waals surface area contributed by atoms with E-state index in [0.717, 1.165) is 12.5 Å². The Kier molecular flexibility index (Phi) is 4.22. The van der Waals surface area contributed by atoms with Crippen molar-refractivity contribution in [1.82, 2.24) is 9.80 Å². The number of hydrogen-bond donors (Lipinski definition) is 1. The first-order chi connectivity index (χ1) is 8.83. The Morgan fingerprint density at radius 1 is 0.944 bits per heavy atom. The number of nitrogens with zero attached hydrogens (tertiary/aromatic N) is 2. The van der Waals surface area contributed by atoms with E-state index < -0.39 is 0 Å². The van der Waals surface area contributed by atoms with E-state index in [9.17, 15) is 5.11 Å². The Morgan fingerprint density at radius 2 is 1.83 bits per heavy atom. The van der Waals surface area contributed by atoms with E-state index in [-0.39, 0.29) is 6.10 Å². The molecule has 0 spiro atoms. The summed E-state index contributed by atoms with van der Waals surface area (Å²) in [5.41, 5.74) is 0. The second-order valence-electron chi connectivity index (χ2n) is 6.53. The van der Waals surface area contributed by atoms with Gasteiger partial charge in [-0.2, -0.15) is 0 Å². The predicted molar refractivity (Wildman–Crippen MR) is 73.6 cm³/mol. The molecule has 0 aromatic carbocycles. The lowest BCUT2D eigenvalue weighted by Gasteiger charge is -2.27. The zero-order valence-electron chi connectivity index (χ0n) is 11.6. The second-order valence-corrected chi connectivity index (χ2v) is 6.53. The lowest BCUT2D eigenvalue weighted by Crippen LogP contribution is -2.37. The van der Waals surface area contributed by atoms with E-state index in [1.165, 1.54) is 71.2 Å². The van der Waals surface area contributed by atoms with Crippen LogP contribution in [-0.4, -0.2) is 59.8 Å². The Bertz CT molecular complexity index is 271. The molecule has 1 N–H and O–H groups in total. The summed E-state index contributed by atoms with van der Waals surface area (Å²) in [6.07, 6.45) is 8.90. The van der Waals surface area contributed by atoms with Crippen LogP contribution in [0.15, 0.2) is 0 Å². The standard InChI is InChI=1S/C15H28N2O/c18-15-6-1-4-13(15)7-11-16-8-3-10-17-9-2-5-14(17)12-16/h13-15,18H,1-12H2. The van der Waals surface area contributed by atoms with E-state index in [1.807, 2.05) is 0 Å². The Labute approximate surface area is 111 Å². The maximum atomic E-state index is 9.90. The Hall–Kier alpha value is -0.120. The molecule has 3 unspecified atom stereocenters. The number of aliphatic hydroxyl groups excluding tert-OH is 1. The first-order valence-corrected chi connectivity index (χ1v) is 7.97. The quantitative estimate of drug-likeness (QED) is 0.828. The van der Waals surface area contributed by atoms with Crippen molar-refractivity contribution >= 4 is 0 Å². The Balaban J connectivity index is 1.47. The summed E-state index contributed by atoms with van der Waals surface area (Å²) < 4.78 is 0. The minimum absolute atomic E-state index is 0.0000397. The van der Waals surface area contributed by atoms with Crippen molar-refractivity contribution in [3.05, 3.63) is 0 Å². The lowest BCUT2D eigenvalue weighted by molar-refractivity contribution is 0.116. The molecule has 1 aliphatic carbocycles. The van der Waals surface area contributed by atoms with E-state index in [0.29, 0.717) is 5.92 Å². The monoisotopic (exact) mass is 252 g/mol. The molecule has 3 rings (SSSR count). The highest BCUT2D eigenvalue weighted by molar-refractivity contribution is 4.85. The number of rotatable bonds is 3. The average molecular weight is 252 g/mol. The van der Waals surface area contributed by atoms with Gasteiger partial charge in [0.2, 0.25) is 0 Å². The smallest absolute Gasteiger partial charge is 0.0568 e. The molecule has 2 saturated heterocycles. The maximum Gasteiger partial charge on any atom is 0.0568 e. The first-order valence-electron chi connectivity index (χ1n) is 7.97. The van der Waals surface area contributed by atoms with Gasteiger partial charge >= 0.3 is 0 Å². The van der Waals surface area contributed by atoms with Crippen molar-refractivity contribution in [3.63, 3.8) is 0 Å². The molecule has 0 aromatic heterocycles. The zero-order valence-corrected chi connectivity index (χ0v) is 11.6. The fourth-order valence-corrected chi connectivity index (χ4v) is 4.19. The van der Waals surface area contributed by atoms with Gasteiger partial charge in [0.05, 0.1) is 6.10 Å². The Morgan fingerprint density at radius 3 is 2.67 bits per heavy atom. The van der Waals surface area contributed by atoms with E-state index in [2.05, 4.69) is 9.80 Å². The van der Waals surface area contributed by atoms with Gasteiger partial charge in [0.1, 0.15) is 0 Å². The van der Waals surface area contributed by atoms with E-state index in [4.69, 9.17) is 0 Å². The first kappa shape index (κ1) is 12.9. The van der Waals surface area contributed by atoms with E-state index in [1.54, 1.807) is 0 Å². The SMILES string of the molecule is OC1CCCC1CCN1CCCN2CCCC2C1. The van der Waals surface area contributed by atoms with Crippen LogP contribution in [0.3, 0.4) is 0 Å². The third-order valence-electron chi connectivity index (χ3n) is 5.32. The largest absolute Gasteiger partial charge is 0.393 e. The molecule has 0 aromatic rings. The van der Waals surface area contributed by atoms with Gasteiger partial charge in [-0.05, 0) is 70.6 Å². The molecule has 3 atom stereocenters. The van der Waals surface area contributed by atoms with Crippen LogP contribution < -0.4 is 0 Å². The van der Waals surface area contributed by atoms with Crippen molar-refractivity contribution in [2.45, 2.75) is 57.1 Å². The lowest BCUT2D eigenvalue weighted by atomic mass is 10.0. The third-order valence-corrected chi connectivity index (χ3v) is 5.32. The van der Waals surface area contributed by atoms with Crippen LogP contribution in [0.1, 0.15) is 44.9 Å². The van der Waals surface area contributed by atoms with Crippen molar-refractivity contribution in [2.24, 2.45) is 5.92 Å². The summed E-state index contributed by atoms with van der Waals surface area (Å²) in [5, 5.41) is 9.90. The molecule has 3 heteroatoms. The molecule has 0 bridgehead atoms. The molecule has 3 fully saturated rings. The van der Waals surface area contributed by atoms with Gasteiger partial charge in [-0.3, -0.25) is 4.90 Å². The summed E-state index contributed by atoms with van der Waals surface area (Å²) >= 11 is 0. The van der Waals surface area contributed by atoms with Gasteiger partial charge in [0.15, 0.2) is 0 Å². The summed E-state index contributed by atoms with van der Waals surface area (Å²) in [4.78, 5) is 5.37. The molecule has 3 aliphatic rings. The molecule has 0 amide bonds. The number of fused-ring (bicyclic) bond motifs is 1. The predicted octanol–water partition coefficient (Wildman–Crippen LogP) is 1.71. The van der Waals surface area contributed by atoms with Gasteiger partial charge in [0, 0.05) is 12.6 Å². The van der Waals surface area contributed by atoms with Gasteiger partial charge in [-0.1, -0.05) is 6.42 Å². The minimum atomic E-state index is -0.0000397. The molecule has 2 aliphatic heterocycles. The molecule has 104 valence electrons. The zero-order chi connectivity index (χ0) is 12.4. The van der Waals surface area contributed by atoms with Crippen molar-refractivity contribution in [3.8, 4) is 0 Å². The highest BCUT2D eigenvalue weighted by atomic mass is 16.3. The fourth-order valence-electron chi connectivity index (χ4n) is 4.19.